The molecule has 0 unspecified atom stereocenters. The number of rotatable bonds is 5. The number of methoxy groups -OCH3 is 1. The number of piperazine rings is 1. The van der Waals surface area contributed by atoms with Gasteiger partial charge < -0.3 is 19.6 Å². The second-order valence-electron chi connectivity index (χ2n) is 9.11. The maximum atomic E-state index is 13.4. The number of amides is 1. The van der Waals surface area contributed by atoms with Crippen molar-refractivity contribution in [3.63, 3.8) is 0 Å². The van der Waals surface area contributed by atoms with Gasteiger partial charge in [0, 0.05) is 51.9 Å². The topological polar surface area (TPSA) is 56.3 Å². The number of hydrogen-bond acceptors (Lipinski definition) is 5. The Balaban J connectivity index is 1.50. The van der Waals surface area contributed by atoms with E-state index in [1.807, 2.05) is 18.7 Å². The summed E-state index contributed by atoms with van der Waals surface area (Å²) >= 11 is 0. The Kier molecular flexibility index (Phi) is 6.21. The van der Waals surface area contributed by atoms with Crippen LogP contribution in [0.15, 0.2) is 30.3 Å². The van der Waals surface area contributed by atoms with Crippen LogP contribution in [-0.4, -0.2) is 66.0 Å². The molecule has 0 spiro atoms. The summed E-state index contributed by atoms with van der Waals surface area (Å²) in [5, 5.41) is 10.3. The maximum absolute atomic E-state index is 13.4. The molecule has 1 amide bonds. The number of likely N-dealkylation sites (N-methyl/N-ethyl adjacent to an activating group) is 1. The summed E-state index contributed by atoms with van der Waals surface area (Å²) in [6, 6.07) is 9.96. The molecule has 6 heteroatoms. The SMILES string of the molecule is COc1cc(O)c(C(C)C)cc1C(=O)N1Cc2ccc(CN3CCN(C)CC3)cc2C1. The smallest absolute Gasteiger partial charge is 0.258 e. The van der Waals surface area contributed by atoms with E-state index in [0.717, 1.165) is 38.3 Å². The molecule has 4 rings (SSSR count). The molecule has 2 aliphatic heterocycles. The molecule has 0 radical (unpaired) electrons. The highest BCUT2D eigenvalue weighted by atomic mass is 16.5. The summed E-state index contributed by atoms with van der Waals surface area (Å²) in [5.74, 6) is 0.640. The lowest BCUT2D eigenvalue weighted by Crippen LogP contribution is -2.43. The Bertz CT molecular complexity index is 965. The standard InChI is InChI=1S/C25H33N3O3/c1-17(2)21-12-22(24(31-4)13-23(21)29)25(30)28-15-19-6-5-18(11-20(19)16-28)14-27-9-7-26(3)8-10-27/h5-6,11-13,17,29H,7-10,14-16H2,1-4H3. The predicted octanol–water partition coefficient (Wildman–Crippen LogP) is 3.43. The molecular formula is C25H33N3O3. The molecule has 2 heterocycles. The Labute approximate surface area is 185 Å². The van der Waals surface area contributed by atoms with Crippen LogP contribution in [0.3, 0.4) is 0 Å². The Morgan fingerprint density at radius 2 is 1.77 bits per heavy atom. The number of benzene rings is 2. The van der Waals surface area contributed by atoms with Gasteiger partial charge in [0.15, 0.2) is 0 Å². The molecular weight excluding hydrogens is 390 g/mol. The van der Waals surface area contributed by atoms with Crippen LogP contribution in [0.5, 0.6) is 11.5 Å². The summed E-state index contributed by atoms with van der Waals surface area (Å²) in [6.07, 6.45) is 0. The van der Waals surface area contributed by atoms with Crippen LogP contribution in [0.25, 0.3) is 0 Å². The summed E-state index contributed by atoms with van der Waals surface area (Å²) in [5.41, 5.74) is 5.01. The van der Waals surface area contributed by atoms with E-state index in [9.17, 15) is 9.90 Å². The van der Waals surface area contributed by atoms with Crippen molar-refractivity contribution in [3.8, 4) is 11.5 Å². The monoisotopic (exact) mass is 423 g/mol. The zero-order valence-electron chi connectivity index (χ0n) is 19.0. The van der Waals surface area contributed by atoms with Gasteiger partial charge in [-0.2, -0.15) is 0 Å². The second kappa shape index (κ2) is 8.89. The van der Waals surface area contributed by atoms with Gasteiger partial charge in [0.2, 0.25) is 0 Å². The van der Waals surface area contributed by atoms with Crippen molar-refractivity contribution < 1.29 is 14.6 Å². The Morgan fingerprint density at radius 1 is 1.06 bits per heavy atom. The van der Waals surface area contributed by atoms with Gasteiger partial charge >= 0.3 is 0 Å². The molecule has 0 bridgehead atoms. The first-order chi connectivity index (χ1) is 14.9. The first-order valence-electron chi connectivity index (χ1n) is 11.1. The van der Waals surface area contributed by atoms with Crippen LogP contribution in [0.4, 0.5) is 0 Å². The van der Waals surface area contributed by atoms with E-state index in [0.29, 0.717) is 24.4 Å². The highest BCUT2D eigenvalue weighted by Crippen LogP contribution is 2.35. The van der Waals surface area contributed by atoms with Crippen molar-refractivity contribution in [1.29, 1.82) is 0 Å². The zero-order chi connectivity index (χ0) is 22.1. The lowest BCUT2D eigenvalue weighted by Gasteiger charge is -2.32. The Hall–Kier alpha value is -2.57. The molecule has 0 aliphatic carbocycles. The molecule has 1 fully saturated rings. The van der Waals surface area contributed by atoms with Crippen molar-refractivity contribution in [3.05, 3.63) is 58.1 Å². The molecule has 2 aromatic carbocycles. The molecule has 31 heavy (non-hydrogen) atoms. The van der Waals surface area contributed by atoms with Gasteiger partial charge in [-0.15, -0.1) is 0 Å². The zero-order valence-corrected chi connectivity index (χ0v) is 19.0. The first kappa shape index (κ1) is 21.7. The van der Waals surface area contributed by atoms with E-state index < -0.39 is 0 Å². The summed E-state index contributed by atoms with van der Waals surface area (Å²) in [4.78, 5) is 20.1. The molecule has 0 atom stereocenters. The van der Waals surface area contributed by atoms with Crippen LogP contribution in [0.2, 0.25) is 0 Å². The predicted molar refractivity (Wildman–Crippen MR) is 122 cm³/mol. The number of hydrogen-bond donors (Lipinski definition) is 1. The molecule has 1 saturated heterocycles. The van der Waals surface area contributed by atoms with E-state index in [-0.39, 0.29) is 17.6 Å². The number of carbonyl (C=O) groups is 1. The van der Waals surface area contributed by atoms with Crippen LogP contribution in [0, 0.1) is 0 Å². The molecule has 166 valence electrons. The molecule has 0 aromatic heterocycles. The number of phenols is 1. The van der Waals surface area contributed by atoms with E-state index in [4.69, 9.17) is 4.74 Å². The number of nitrogens with zero attached hydrogens (tertiary/aromatic N) is 3. The largest absolute Gasteiger partial charge is 0.508 e. The first-order valence-corrected chi connectivity index (χ1v) is 11.1. The molecule has 6 nitrogen and oxygen atoms in total. The summed E-state index contributed by atoms with van der Waals surface area (Å²) in [7, 11) is 3.70. The summed E-state index contributed by atoms with van der Waals surface area (Å²) in [6.45, 7) is 10.6. The fraction of sp³-hybridized carbons (Fsp3) is 0.480. The molecule has 2 aliphatic rings. The fourth-order valence-corrected chi connectivity index (χ4v) is 4.51. The number of phenolic OH excluding ortho intramolecular Hbond substituents is 1. The van der Waals surface area contributed by atoms with Crippen molar-refractivity contribution in [1.82, 2.24) is 14.7 Å². The highest BCUT2D eigenvalue weighted by Gasteiger charge is 2.28. The number of carbonyl (C=O) groups excluding carboxylic acids is 1. The van der Waals surface area contributed by atoms with Crippen molar-refractivity contribution >= 4 is 5.91 Å². The van der Waals surface area contributed by atoms with Gasteiger partial charge in [0.05, 0.1) is 12.7 Å². The average Bonchev–Trinajstić information content (AvgIpc) is 3.18. The van der Waals surface area contributed by atoms with Crippen molar-refractivity contribution in [2.24, 2.45) is 0 Å². The third kappa shape index (κ3) is 4.55. The van der Waals surface area contributed by atoms with E-state index in [1.165, 1.54) is 23.8 Å². The van der Waals surface area contributed by atoms with Gasteiger partial charge in [-0.25, -0.2) is 0 Å². The fourth-order valence-electron chi connectivity index (χ4n) is 4.51. The van der Waals surface area contributed by atoms with Crippen molar-refractivity contribution in [2.75, 3.05) is 40.3 Å². The quantitative estimate of drug-likeness (QED) is 0.799. The number of ether oxygens (including phenoxy) is 1. The lowest BCUT2D eigenvalue weighted by atomic mass is 9.98. The van der Waals surface area contributed by atoms with E-state index in [1.54, 1.807) is 12.1 Å². The minimum atomic E-state index is -0.0597. The Morgan fingerprint density at radius 3 is 2.45 bits per heavy atom. The third-order valence-electron chi connectivity index (χ3n) is 6.48. The van der Waals surface area contributed by atoms with Gasteiger partial charge in [-0.1, -0.05) is 32.0 Å². The normalized spacial score (nSPS) is 17.3. The van der Waals surface area contributed by atoms with Crippen molar-refractivity contribution in [2.45, 2.75) is 39.4 Å². The molecule has 1 N–H and O–H groups in total. The van der Waals surface area contributed by atoms with Gasteiger partial charge in [0.1, 0.15) is 11.5 Å². The molecule has 0 saturated carbocycles. The van der Waals surface area contributed by atoms with Crippen LogP contribution < -0.4 is 4.74 Å². The average molecular weight is 424 g/mol. The lowest BCUT2D eigenvalue weighted by molar-refractivity contribution is 0.0747. The second-order valence-corrected chi connectivity index (χ2v) is 9.11. The number of aromatic hydroxyl groups is 1. The van der Waals surface area contributed by atoms with Gasteiger partial charge in [-0.05, 0) is 41.3 Å². The van der Waals surface area contributed by atoms with E-state index >= 15 is 0 Å². The minimum absolute atomic E-state index is 0.0597. The minimum Gasteiger partial charge on any atom is -0.508 e. The van der Waals surface area contributed by atoms with Gasteiger partial charge in [0.25, 0.3) is 5.91 Å². The molecule has 2 aromatic rings. The van der Waals surface area contributed by atoms with Crippen LogP contribution in [-0.2, 0) is 19.6 Å². The highest BCUT2D eigenvalue weighted by molar-refractivity contribution is 5.97. The van der Waals surface area contributed by atoms with Gasteiger partial charge in [-0.3, -0.25) is 9.69 Å². The van der Waals surface area contributed by atoms with Crippen LogP contribution >= 0.6 is 0 Å². The third-order valence-corrected chi connectivity index (χ3v) is 6.48. The summed E-state index contributed by atoms with van der Waals surface area (Å²) < 4.78 is 5.41. The van der Waals surface area contributed by atoms with Crippen LogP contribution in [0.1, 0.15) is 52.4 Å². The number of fused-ring (bicyclic) bond motifs is 1. The van der Waals surface area contributed by atoms with E-state index in [2.05, 4.69) is 35.0 Å². The maximum Gasteiger partial charge on any atom is 0.258 e.